The molecule has 0 unspecified atom stereocenters. The first-order valence-electron chi connectivity index (χ1n) is 8.02. The van der Waals surface area contributed by atoms with Crippen LogP contribution in [0.4, 0.5) is 11.4 Å². The molecule has 2 aromatic rings. The van der Waals surface area contributed by atoms with Gasteiger partial charge in [0, 0.05) is 4.47 Å². The van der Waals surface area contributed by atoms with Crippen molar-refractivity contribution in [1.29, 1.82) is 0 Å². The van der Waals surface area contributed by atoms with Crippen LogP contribution in [0.15, 0.2) is 45.0 Å². The van der Waals surface area contributed by atoms with Crippen molar-refractivity contribution in [2.75, 3.05) is 0 Å². The predicted octanol–water partition coefficient (Wildman–Crippen LogP) is 6.82. The fourth-order valence-electron chi connectivity index (χ4n) is 2.56. The average Bonchev–Trinajstić information content (AvgIpc) is 2.53. The zero-order chi connectivity index (χ0) is 17.0. The van der Waals surface area contributed by atoms with E-state index in [0.29, 0.717) is 5.75 Å². The molecule has 4 heteroatoms. The predicted molar refractivity (Wildman–Crippen MR) is 99.3 cm³/mol. The van der Waals surface area contributed by atoms with E-state index >= 15 is 0 Å². The monoisotopic (exact) mass is 374 g/mol. The molecule has 2 aromatic carbocycles. The molecule has 0 aliphatic carbocycles. The van der Waals surface area contributed by atoms with Gasteiger partial charge in [-0.25, -0.2) is 0 Å². The lowest BCUT2D eigenvalue weighted by atomic mass is 10.0. The van der Waals surface area contributed by atoms with Crippen LogP contribution in [0.3, 0.4) is 0 Å². The highest BCUT2D eigenvalue weighted by Gasteiger charge is 2.09. The van der Waals surface area contributed by atoms with Gasteiger partial charge in [-0.15, -0.1) is 5.11 Å². The van der Waals surface area contributed by atoms with Crippen molar-refractivity contribution >= 4 is 27.3 Å². The van der Waals surface area contributed by atoms with E-state index < -0.39 is 0 Å². The Kier molecular flexibility index (Phi) is 5.94. The summed E-state index contributed by atoms with van der Waals surface area (Å²) >= 11 is 3.56. The summed E-state index contributed by atoms with van der Waals surface area (Å²) in [6, 6.07) is 9.58. The molecule has 2 rings (SSSR count). The van der Waals surface area contributed by atoms with Gasteiger partial charge in [-0.2, -0.15) is 5.11 Å². The summed E-state index contributed by atoms with van der Waals surface area (Å²) in [5.41, 5.74) is 4.98. The molecule has 1 N–H and O–H groups in total. The molecule has 0 spiro atoms. The van der Waals surface area contributed by atoms with Gasteiger partial charge in [0.25, 0.3) is 0 Å². The molecule has 0 atom stereocenters. The quantitative estimate of drug-likeness (QED) is 0.573. The summed E-state index contributed by atoms with van der Waals surface area (Å²) in [7, 11) is 0. The van der Waals surface area contributed by atoms with Crippen LogP contribution in [0.5, 0.6) is 5.75 Å². The second kappa shape index (κ2) is 7.73. The Morgan fingerprint density at radius 1 is 1.00 bits per heavy atom. The van der Waals surface area contributed by atoms with E-state index in [1.54, 1.807) is 12.1 Å². The van der Waals surface area contributed by atoms with Crippen molar-refractivity contribution < 1.29 is 5.11 Å². The van der Waals surface area contributed by atoms with Crippen LogP contribution in [0.2, 0.25) is 0 Å². The molecule has 0 fully saturated rings. The highest BCUT2D eigenvalue weighted by Crippen LogP contribution is 2.33. The molecule has 0 aliphatic rings. The Hall–Kier alpha value is -1.68. The van der Waals surface area contributed by atoms with Gasteiger partial charge in [0.1, 0.15) is 5.75 Å². The number of hydrogen-bond acceptors (Lipinski definition) is 3. The Morgan fingerprint density at radius 2 is 1.61 bits per heavy atom. The summed E-state index contributed by atoms with van der Waals surface area (Å²) in [4.78, 5) is 0. The van der Waals surface area contributed by atoms with E-state index in [1.807, 2.05) is 6.07 Å². The summed E-state index contributed by atoms with van der Waals surface area (Å²) in [5, 5.41) is 18.8. The fraction of sp³-hybridized carbons (Fsp3) is 0.368. The van der Waals surface area contributed by atoms with Crippen LogP contribution in [0.25, 0.3) is 0 Å². The zero-order valence-electron chi connectivity index (χ0n) is 14.1. The van der Waals surface area contributed by atoms with Crippen LogP contribution in [-0.4, -0.2) is 5.11 Å². The molecule has 0 saturated carbocycles. The van der Waals surface area contributed by atoms with E-state index in [4.69, 9.17) is 0 Å². The number of phenolic OH excluding ortho intramolecular Hbond substituents is 1. The molecule has 0 saturated heterocycles. The van der Waals surface area contributed by atoms with Gasteiger partial charge in [-0.3, -0.25) is 0 Å². The van der Waals surface area contributed by atoms with Crippen molar-refractivity contribution in [2.45, 2.75) is 46.5 Å². The molecule has 23 heavy (non-hydrogen) atoms. The van der Waals surface area contributed by atoms with E-state index in [-0.39, 0.29) is 5.92 Å². The molecule has 0 heterocycles. The Bertz CT molecular complexity index is 698. The Balaban J connectivity index is 2.43. The van der Waals surface area contributed by atoms with Gasteiger partial charge in [-0.05, 0) is 65.8 Å². The first-order valence-corrected chi connectivity index (χ1v) is 8.81. The number of aryl methyl sites for hydroxylation is 2. The number of aromatic hydroxyl groups is 1. The molecule has 122 valence electrons. The standard InChI is InChI=1S/C19H23BrN2O/c1-5-13-9-15(20)10-14(6-2)19(13)22-21-16-7-8-18(23)17(11-16)12(3)4/h7-12,23H,5-6H2,1-4H3. The van der Waals surface area contributed by atoms with Crippen LogP contribution in [0.1, 0.15) is 50.3 Å². The molecule has 0 aliphatic heterocycles. The van der Waals surface area contributed by atoms with Crippen molar-refractivity contribution in [3.63, 3.8) is 0 Å². The maximum atomic E-state index is 9.91. The molecule has 0 radical (unpaired) electrons. The number of halogens is 1. The van der Waals surface area contributed by atoms with Gasteiger partial charge in [0.15, 0.2) is 0 Å². The number of benzene rings is 2. The lowest BCUT2D eigenvalue weighted by molar-refractivity contribution is 0.465. The van der Waals surface area contributed by atoms with Crippen LogP contribution in [0, 0.1) is 0 Å². The summed E-state index contributed by atoms with van der Waals surface area (Å²) in [6.45, 7) is 8.35. The minimum absolute atomic E-state index is 0.246. The normalized spacial score (nSPS) is 11.6. The van der Waals surface area contributed by atoms with E-state index in [9.17, 15) is 5.11 Å². The topological polar surface area (TPSA) is 45.0 Å². The molecule has 0 aromatic heterocycles. The largest absolute Gasteiger partial charge is 0.508 e. The second-order valence-corrected chi connectivity index (χ2v) is 6.79. The minimum Gasteiger partial charge on any atom is -0.508 e. The third-order valence-corrected chi connectivity index (χ3v) is 4.35. The van der Waals surface area contributed by atoms with Crippen molar-refractivity contribution in [3.05, 3.63) is 51.5 Å². The summed E-state index contributed by atoms with van der Waals surface area (Å²) in [6.07, 6.45) is 1.82. The first kappa shape index (κ1) is 17.7. The van der Waals surface area contributed by atoms with Crippen molar-refractivity contribution in [2.24, 2.45) is 10.2 Å². The molecule has 0 amide bonds. The maximum absolute atomic E-state index is 9.91. The second-order valence-electron chi connectivity index (χ2n) is 5.88. The van der Waals surface area contributed by atoms with E-state index in [1.165, 1.54) is 11.1 Å². The van der Waals surface area contributed by atoms with Crippen LogP contribution in [-0.2, 0) is 12.8 Å². The van der Waals surface area contributed by atoms with Gasteiger partial charge in [0.05, 0.1) is 11.4 Å². The minimum atomic E-state index is 0.246. The van der Waals surface area contributed by atoms with Crippen molar-refractivity contribution in [3.8, 4) is 5.75 Å². The lowest BCUT2D eigenvalue weighted by Crippen LogP contribution is -1.89. The zero-order valence-corrected chi connectivity index (χ0v) is 15.7. The van der Waals surface area contributed by atoms with Gasteiger partial charge in [-0.1, -0.05) is 43.6 Å². The highest BCUT2D eigenvalue weighted by atomic mass is 79.9. The van der Waals surface area contributed by atoms with Gasteiger partial charge < -0.3 is 5.11 Å². The SMILES string of the molecule is CCc1cc(Br)cc(CC)c1N=Nc1ccc(O)c(C(C)C)c1. The Morgan fingerprint density at radius 3 is 2.13 bits per heavy atom. The summed E-state index contributed by atoms with van der Waals surface area (Å²) in [5.74, 6) is 0.557. The van der Waals surface area contributed by atoms with Gasteiger partial charge >= 0.3 is 0 Å². The number of nitrogens with zero attached hydrogens (tertiary/aromatic N) is 2. The Labute approximate surface area is 146 Å². The third-order valence-electron chi connectivity index (χ3n) is 3.89. The molecular formula is C19H23BrN2O. The van der Waals surface area contributed by atoms with E-state index in [0.717, 1.165) is 34.3 Å². The smallest absolute Gasteiger partial charge is 0.119 e. The van der Waals surface area contributed by atoms with Gasteiger partial charge in [0.2, 0.25) is 0 Å². The molecule has 3 nitrogen and oxygen atoms in total. The van der Waals surface area contributed by atoms with Crippen molar-refractivity contribution in [1.82, 2.24) is 0 Å². The third kappa shape index (κ3) is 4.20. The average molecular weight is 375 g/mol. The highest BCUT2D eigenvalue weighted by molar-refractivity contribution is 9.10. The summed E-state index contributed by atoms with van der Waals surface area (Å²) < 4.78 is 1.08. The fourth-order valence-corrected chi connectivity index (χ4v) is 3.11. The van der Waals surface area contributed by atoms with E-state index in [2.05, 4.69) is 66.0 Å². The number of hydrogen-bond donors (Lipinski definition) is 1. The first-order chi connectivity index (χ1) is 11.0. The maximum Gasteiger partial charge on any atom is 0.119 e. The number of phenols is 1. The van der Waals surface area contributed by atoms with Crippen LogP contribution >= 0.6 is 15.9 Å². The van der Waals surface area contributed by atoms with Crippen LogP contribution < -0.4 is 0 Å². The lowest BCUT2D eigenvalue weighted by Gasteiger charge is -2.10. The number of azo groups is 1. The number of rotatable bonds is 5. The molecule has 0 bridgehead atoms. The molecular weight excluding hydrogens is 352 g/mol.